The maximum atomic E-state index is 6.21. The van der Waals surface area contributed by atoms with Gasteiger partial charge in [0.1, 0.15) is 0 Å². The zero-order valence-electron chi connectivity index (χ0n) is 10.9. The van der Waals surface area contributed by atoms with E-state index in [1.807, 2.05) is 18.2 Å². The minimum absolute atomic E-state index is 0.705. The molecular weight excluding hydrogens is 281 g/mol. The third-order valence-corrected chi connectivity index (χ3v) is 4.60. The van der Waals surface area contributed by atoms with E-state index in [0.29, 0.717) is 5.02 Å². The van der Waals surface area contributed by atoms with Gasteiger partial charge in [-0.2, -0.15) is 0 Å². The van der Waals surface area contributed by atoms with Crippen LogP contribution in [0.4, 0.5) is 0 Å². The molecule has 1 aromatic carbocycles. The Labute approximate surface area is 124 Å². The first-order chi connectivity index (χ1) is 9.22. The summed E-state index contributed by atoms with van der Waals surface area (Å²) in [6.45, 7) is 7.84. The molecule has 19 heavy (non-hydrogen) atoms. The third kappa shape index (κ3) is 3.23. The lowest BCUT2D eigenvalue weighted by atomic mass is 10.0. The van der Waals surface area contributed by atoms with Gasteiger partial charge in [0.2, 0.25) is 0 Å². The molecule has 2 heterocycles. The maximum absolute atomic E-state index is 6.21. The van der Waals surface area contributed by atoms with Crippen molar-refractivity contribution in [3.63, 3.8) is 0 Å². The first-order valence-electron chi connectivity index (χ1n) is 6.83. The highest BCUT2D eigenvalue weighted by molar-refractivity contribution is 6.35. The predicted molar refractivity (Wildman–Crippen MR) is 80.0 cm³/mol. The summed E-state index contributed by atoms with van der Waals surface area (Å²) < 4.78 is 0. The molecule has 2 aliphatic rings. The average molecular weight is 300 g/mol. The molecule has 0 atom stereocenters. The molecule has 1 N–H and O–H groups in total. The number of likely N-dealkylation sites (tertiary alicyclic amines) is 1. The Hall–Kier alpha value is -0.320. The molecule has 0 aliphatic carbocycles. The average Bonchev–Trinajstić information content (AvgIpc) is 2.36. The monoisotopic (exact) mass is 299 g/mol. The molecule has 2 aliphatic heterocycles. The van der Waals surface area contributed by atoms with E-state index in [-0.39, 0.29) is 0 Å². The number of nitrogens with one attached hydrogen (secondary N) is 1. The van der Waals surface area contributed by atoms with Crippen LogP contribution in [0.15, 0.2) is 18.2 Å². The van der Waals surface area contributed by atoms with Gasteiger partial charge in [-0.3, -0.25) is 9.80 Å². The van der Waals surface area contributed by atoms with Gasteiger partial charge >= 0.3 is 0 Å². The lowest BCUT2D eigenvalue weighted by molar-refractivity contribution is 0.0223. The van der Waals surface area contributed by atoms with Crippen LogP contribution in [0.25, 0.3) is 0 Å². The minimum atomic E-state index is 0.705. The van der Waals surface area contributed by atoms with E-state index in [9.17, 15) is 0 Å². The van der Waals surface area contributed by atoms with E-state index >= 15 is 0 Å². The van der Waals surface area contributed by atoms with Gasteiger partial charge in [-0.25, -0.2) is 0 Å². The van der Waals surface area contributed by atoms with Crippen LogP contribution in [0.2, 0.25) is 10.0 Å². The standard InChI is InChI=1S/C14H19Cl2N3/c15-12-2-1-11(14(16)7-12)8-18-9-13(10-18)19-5-3-17-4-6-19/h1-2,7,13,17H,3-6,8-10H2. The van der Waals surface area contributed by atoms with Crippen molar-refractivity contribution in [3.8, 4) is 0 Å². The second-order valence-corrected chi connectivity index (χ2v) is 6.21. The summed E-state index contributed by atoms with van der Waals surface area (Å²) in [6.07, 6.45) is 0. The number of halogens is 2. The van der Waals surface area contributed by atoms with E-state index in [1.54, 1.807) is 0 Å². The zero-order valence-corrected chi connectivity index (χ0v) is 12.4. The summed E-state index contributed by atoms with van der Waals surface area (Å²) in [6, 6.07) is 6.50. The van der Waals surface area contributed by atoms with Crippen molar-refractivity contribution in [2.45, 2.75) is 12.6 Å². The lowest BCUT2D eigenvalue weighted by Crippen LogP contribution is -2.62. The van der Waals surface area contributed by atoms with Crippen LogP contribution in [-0.4, -0.2) is 55.1 Å². The van der Waals surface area contributed by atoms with Crippen molar-refractivity contribution in [1.82, 2.24) is 15.1 Å². The van der Waals surface area contributed by atoms with Crippen LogP contribution in [0.1, 0.15) is 5.56 Å². The van der Waals surface area contributed by atoms with Gasteiger partial charge in [-0.15, -0.1) is 0 Å². The summed E-state index contributed by atoms with van der Waals surface area (Å²) in [7, 11) is 0. The second-order valence-electron chi connectivity index (χ2n) is 5.37. The van der Waals surface area contributed by atoms with E-state index in [0.717, 1.165) is 43.8 Å². The van der Waals surface area contributed by atoms with Crippen LogP contribution in [0.3, 0.4) is 0 Å². The summed E-state index contributed by atoms with van der Waals surface area (Å²) in [4.78, 5) is 5.04. The van der Waals surface area contributed by atoms with Crippen molar-refractivity contribution < 1.29 is 0 Å². The molecule has 0 saturated carbocycles. The van der Waals surface area contributed by atoms with Gasteiger partial charge in [0, 0.05) is 61.9 Å². The highest BCUT2D eigenvalue weighted by atomic mass is 35.5. The first kappa shape index (κ1) is 13.7. The molecule has 1 aromatic rings. The van der Waals surface area contributed by atoms with Gasteiger partial charge in [0.25, 0.3) is 0 Å². The molecule has 0 radical (unpaired) electrons. The highest BCUT2D eigenvalue weighted by Crippen LogP contribution is 2.25. The Morgan fingerprint density at radius 3 is 2.58 bits per heavy atom. The van der Waals surface area contributed by atoms with Crippen molar-refractivity contribution >= 4 is 23.2 Å². The fourth-order valence-electron chi connectivity index (χ4n) is 2.84. The Balaban J connectivity index is 1.50. The number of nitrogens with zero attached hydrogens (tertiary/aromatic N) is 2. The fraction of sp³-hybridized carbons (Fsp3) is 0.571. The van der Waals surface area contributed by atoms with Crippen molar-refractivity contribution in [2.75, 3.05) is 39.3 Å². The minimum Gasteiger partial charge on any atom is -0.314 e. The largest absolute Gasteiger partial charge is 0.314 e. The van der Waals surface area contributed by atoms with E-state index < -0.39 is 0 Å². The van der Waals surface area contributed by atoms with E-state index in [2.05, 4.69) is 15.1 Å². The first-order valence-corrected chi connectivity index (χ1v) is 7.59. The van der Waals surface area contributed by atoms with Gasteiger partial charge < -0.3 is 5.32 Å². The molecule has 0 aromatic heterocycles. The normalized spacial score (nSPS) is 22.4. The Morgan fingerprint density at radius 1 is 1.16 bits per heavy atom. The molecule has 2 fully saturated rings. The Kier molecular flexibility index (Phi) is 4.30. The van der Waals surface area contributed by atoms with Gasteiger partial charge in [0.15, 0.2) is 0 Å². The molecular formula is C14H19Cl2N3. The van der Waals surface area contributed by atoms with Crippen molar-refractivity contribution in [1.29, 1.82) is 0 Å². The quantitative estimate of drug-likeness (QED) is 0.922. The topological polar surface area (TPSA) is 18.5 Å². The fourth-order valence-corrected chi connectivity index (χ4v) is 3.31. The van der Waals surface area contributed by atoms with E-state index in [1.165, 1.54) is 18.7 Å². The molecule has 0 spiro atoms. The van der Waals surface area contributed by atoms with Crippen molar-refractivity contribution in [2.24, 2.45) is 0 Å². The Bertz CT molecular complexity index is 440. The zero-order chi connectivity index (χ0) is 13.2. The number of benzene rings is 1. The third-order valence-electron chi connectivity index (χ3n) is 4.01. The number of rotatable bonds is 3. The molecule has 3 nitrogen and oxygen atoms in total. The highest BCUT2D eigenvalue weighted by Gasteiger charge is 2.32. The van der Waals surface area contributed by atoms with Crippen LogP contribution in [0.5, 0.6) is 0 Å². The molecule has 2 saturated heterocycles. The number of hydrogen-bond donors (Lipinski definition) is 1. The van der Waals surface area contributed by atoms with Crippen LogP contribution >= 0.6 is 23.2 Å². The lowest BCUT2D eigenvalue weighted by Gasteiger charge is -2.47. The summed E-state index contributed by atoms with van der Waals surface area (Å²) in [5.74, 6) is 0. The Morgan fingerprint density at radius 2 is 1.89 bits per heavy atom. The number of hydrogen-bond acceptors (Lipinski definition) is 3. The molecule has 0 bridgehead atoms. The van der Waals surface area contributed by atoms with Crippen LogP contribution < -0.4 is 5.32 Å². The van der Waals surface area contributed by atoms with Crippen LogP contribution in [0, 0.1) is 0 Å². The van der Waals surface area contributed by atoms with Gasteiger partial charge in [0.05, 0.1) is 0 Å². The molecule has 3 rings (SSSR count). The SMILES string of the molecule is Clc1ccc(CN2CC(N3CCNCC3)C2)c(Cl)c1. The van der Waals surface area contributed by atoms with Gasteiger partial charge in [-0.1, -0.05) is 29.3 Å². The van der Waals surface area contributed by atoms with Crippen molar-refractivity contribution in [3.05, 3.63) is 33.8 Å². The molecule has 0 amide bonds. The summed E-state index contributed by atoms with van der Waals surface area (Å²) in [5.41, 5.74) is 1.17. The van der Waals surface area contributed by atoms with Crippen LogP contribution in [-0.2, 0) is 6.54 Å². The molecule has 104 valence electrons. The van der Waals surface area contributed by atoms with Gasteiger partial charge in [-0.05, 0) is 17.7 Å². The smallest absolute Gasteiger partial charge is 0.0465 e. The summed E-state index contributed by atoms with van der Waals surface area (Å²) in [5, 5.41) is 4.88. The predicted octanol–water partition coefficient (Wildman–Crippen LogP) is 2.08. The number of piperazine rings is 1. The second kappa shape index (κ2) is 5.98. The summed E-state index contributed by atoms with van der Waals surface area (Å²) >= 11 is 12.1. The molecule has 5 heteroatoms. The molecule has 0 unspecified atom stereocenters. The maximum Gasteiger partial charge on any atom is 0.0465 e. The van der Waals surface area contributed by atoms with E-state index in [4.69, 9.17) is 23.2 Å².